The molecular weight excluding hydrogens is 314 g/mol. The van der Waals surface area contributed by atoms with Crippen molar-refractivity contribution in [2.75, 3.05) is 40.3 Å². The number of ether oxygens (including phenoxy) is 1. The van der Waals surface area contributed by atoms with Crippen molar-refractivity contribution in [3.05, 3.63) is 29.8 Å². The van der Waals surface area contributed by atoms with Crippen molar-refractivity contribution >= 4 is 5.91 Å². The third-order valence-corrected chi connectivity index (χ3v) is 5.65. The second-order valence-electron chi connectivity index (χ2n) is 7.71. The van der Waals surface area contributed by atoms with Gasteiger partial charge < -0.3 is 20.3 Å². The quantitative estimate of drug-likeness (QED) is 0.794. The maximum atomic E-state index is 12.9. The summed E-state index contributed by atoms with van der Waals surface area (Å²) < 4.78 is 5.78. The van der Waals surface area contributed by atoms with E-state index in [-0.39, 0.29) is 11.3 Å². The summed E-state index contributed by atoms with van der Waals surface area (Å²) in [4.78, 5) is 15.0. The van der Waals surface area contributed by atoms with E-state index in [4.69, 9.17) is 4.74 Å². The molecule has 2 fully saturated rings. The molecule has 1 aromatic rings. The standard InChI is InChI=1S/C20H31N3O2/c1-23(2)10-11-25-18-8-5-6-16(12-18)13-22-19(24)20-9-4-3-7-17(20)14-21-15-20/h5-6,8,12,17,21H,3-4,7,9-11,13-15H2,1-2H3,(H,22,24)/t17-,20+/m0/s1. The van der Waals surface area contributed by atoms with Gasteiger partial charge in [-0.15, -0.1) is 0 Å². The van der Waals surface area contributed by atoms with Crippen molar-refractivity contribution in [2.24, 2.45) is 11.3 Å². The molecule has 2 aliphatic rings. The van der Waals surface area contributed by atoms with Gasteiger partial charge in [0, 0.05) is 19.6 Å². The Morgan fingerprint density at radius 1 is 1.40 bits per heavy atom. The highest BCUT2D eigenvalue weighted by Crippen LogP contribution is 2.43. The first-order chi connectivity index (χ1) is 12.1. The van der Waals surface area contributed by atoms with Crippen molar-refractivity contribution in [3.63, 3.8) is 0 Å². The van der Waals surface area contributed by atoms with Crippen LogP contribution in [0.5, 0.6) is 5.75 Å². The van der Waals surface area contributed by atoms with Gasteiger partial charge in [0.1, 0.15) is 12.4 Å². The Morgan fingerprint density at radius 2 is 2.28 bits per heavy atom. The van der Waals surface area contributed by atoms with Crippen LogP contribution in [0.2, 0.25) is 0 Å². The first-order valence-corrected chi connectivity index (χ1v) is 9.46. The van der Waals surface area contributed by atoms with Crippen LogP contribution in [0.15, 0.2) is 24.3 Å². The van der Waals surface area contributed by atoms with Gasteiger partial charge in [0.05, 0.1) is 5.41 Å². The molecule has 1 saturated heterocycles. The second-order valence-corrected chi connectivity index (χ2v) is 7.71. The Labute approximate surface area is 151 Å². The van der Waals surface area contributed by atoms with E-state index in [1.165, 1.54) is 19.3 Å². The first-order valence-electron chi connectivity index (χ1n) is 9.46. The lowest BCUT2D eigenvalue weighted by Crippen LogP contribution is -2.47. The molecule has 2 N–H and O–H groups in total. The summed E-state index contributed by atoms with van der Waals surface area (Å²) in [5.41, 5.74) is 0.906. The third kappa shape index (κ3) is 4.33. The normalized spacial score (nSPS) is 25.6. The number of nitrogens with zero attached hydrogens (tertiary/aromatic N) is 1. The molecule has 1 amide bonds. The molecule has 0 spiro atoms. The fourth-order valence-corrected chi connectivity index (χ4v) is 4.14. The number of hydrogen-bond donors (Lipinski definition) is 2. The van der Waals surface area contributed by atoms with Crippen LogP contribution in [0.4, 0.5) is 0 Å². The highest BCUT2D eigenvalue weighted by Gasteiger charge is 2.49. The molecule has 25 heavy (non-hydrogen) atoms. The van der Waals surface area contributed by atoms with Gasteiger partial charge in [0.25, 0.3) is 0 Å². The van der Waals surface area contributed by atoms with Gasteiger partial charge in [0.15, 0.2) is 0 Å². The van der Waals surface area contributed by atoms with Gasteiger partial charge in [-0.3, -0.25) is 4.79 Å². The summed E-state index contributed by atoms with van der Waals surface area (Å²) in [5.74, 6) is 1.59. The van der Waals surface area contributed by atoms with Gasteiger partial charge in [-0.05, 0) is 57.1 Å². The summed E-state index contributed by atoms with van der Waals surface area (Å²) in [6, 6.07) is 8.03. The number of likely N-dealkylation sites (N-methyl/N-ethyl adjacent to an activating group) is 1. The molecule has 0 unspecified atom stereocenters. The van der Waals surface area contributed by atoms with Crippen molar-refractivity contribution in [2.45, 2.75) is 32.2 Å². The van der Waals surface area contributed by atoms with E-state index in [1.807, 2.05) is 38.4 Å². The molecule has 1 aliphatic carbocycles. The fourth-order valence-electron chi connectivity index (χ4n) is 4.14. The van der Waals surface area contributed by atoms with Gasteiger partial charge in [-0.25, -0.2) is 0 Å². The van der Waals surface area contributed by atoms with Gasteiger partial charge >= 0.3 is 0 Å². The van der Waals surface area contributed by atoms with E-state index >= 15 is 0 Å². The zero-order chi connectivity index (χ0) is 17.7. The smallest absolute Gasteiger partial charge is 0.228 e. The number of carbonyl (C=O) groups is 1. The van der Waals surface area contributed by atoms with Crippen LogP contribution < -0.4 is 15.4 Å². The van der Waals surface area contributed by atoms with Crippen LogP contribution in [-0.2, 0) is 11.3 Å². The van der Waals surface area contributed by atoms with Crippen molar-refractivity contribution in [3.8, 4) is 5.75 Å². The predicted octanol–water partition coefficient (Wildman–Crippen LogP) is 2.02. The number of benzene rings is 1. The van der Waals surface area contributed by atoms with Crippen LogP contribution in [0, 0.1) is 11.3 Å². The van der Waals surface area contributed by atoms with Gasteiger partial charge in [-0.2, -0.15) is 0 Å². The molecule has 5 heteroatoms. The lowest BCUT2D eigenvalue weighted by atomic mass is 9.67. The Balaban J connectivity index is 1.55. The van der Waals surface area contributed by atoms with Crippen LogP contribution in [0.25, 0.3) is 0 Å². The lowest BCUT2D eigenvalue weighted by Gasteiger charge is -2.37. The zero-order valence-corrected chi connectivity index (χ0v) is 15.5. The number of rotatable bonds is 7. The van der Waals surface area contributed by atoms with E-state index in [2.05, 4.69) is 15.5 Å². The molecule has 1 saturated carbocycles. The number of fused-ring (bicyclic) bond motifs is 1. The molecule has 2 atom stereocenters. The molecule has 0 bridgehead atoms. The van der Waals surface area contributed by atoms with Gasteiger partial charge in [0.2, 0.25) is 5.91 Å². The minimum Gasteiger partial charge on any atom is -0.492 e. The minimum absolute atomic E-state index is 0.182. The van der Waals surface area contributed by atoms with E-state index in [9.17, 15) is 4.79 Å². The van der Waals surface area contributed by atoms with Crippen molar-refractivity contribution < 1.29 is 9.53 Å². The molecule has 1 aromatic carbocycles. The largest absolute Gasteiger partial charge is 0.492 e. The minimum atomic E-state index is -0.182. The van der Waals surface area contributed by atoms with Crippen LogP contribution in [0.3, 0.4) is 0 Å². The summed E-state index contributed by atoms with van der Waals surface area (Å²) in [6.07, 6.45) is 4.62. The van der Waals surface area contributed by atoms with Crippen LogP contribution in [0.1, 0.15) is 31.2 Å². The number of amides is 1. The Hall–Kier alpha value is -1.59. The molecular formula is C20H31N3O2. The highest BCUT2D eigenvalue weighted by atomic mass is 16.5. The highest BCUT2D eigenvalue weighted by molar-refractivity contribution is 5.83. The van der Waals surface area contributed by atoms with Crippen molar-refractivity contribution in [1.82, 2.24) is 15.5 Å². The molecule has 1 aliphatic heterocycles. The number of carbonyl (C=O) groups excluding carboxylic acids is 1. The SMILES string of the molecule is CN(C)CCOc1cccc(CNC(=O)[C@@]23CCCC[C@H]2CNC3)c1. The Bertz CT molecular complexity index is 590. The van der Waals surface area contributed by atoms with E-state index in [1.54, 1.807) is 0 Å². The molecule has 138 valence electrons. The summed E-state index contributed by atoms with van der Waals surface area (Å²) >= 11 is 0. The Kier molecular flexibility index (Phi) is 5.97. The average molecular weight is 345 g/mol. The van der Waals surface area contributed by atoms with E-state index < -0.39 is 0 Å². The lowest BCUT2D eigenvalue weighted by molar-refractivity contribution is -0.134. The van der Waals surface area contributed by atoms with Crippen LogP contribution in [-0.4, -0.2) is 51.1 Å². The number of nitrogens with one attached hydrogen (secondary N) is 2. The van der Waals surface area contributed by atoms with Crippen LogP contribution >= 0.6 is 0 Å². The second kappa shape index (κ2) is 8.19. The molecule has 1 heterocycles. The zero-order valence-electron chi connectivity index (χ0n) is 15.5. The third-order valence-electron chi connectivity index (χ3n) is 5.65. The fraction of sp³-hybridized carbons (Fsp3) is 0.650. The van der Waals surface area contributed by atoms with Gasteiger partial charge in [-0.1, -0.05) is 25.0 Å². The van der Waals surface area contributed by atoms with Crippen molar-refractivity contribution in [1.29, 1.82) is 0 Å². The molecule has 5 nitrogen and oxygen atoms in total. The molecule has 3 rings (SSSR count). The predicted molar refractivity (Wildman–Crippen MR) is 99.6 cm³/mol. The van der Waals surface area contributed by atoms with E-state index in [0.717, 1.165) is 37.4 Å². The summed E-state index contributed by atoms with van der Waals surface area (Å²) in [7, 11) is 4.07. The monoisotopic (exact) mass is 345 g/mol. The summed E-state index contributed by atoms with van der Waals surface area (Å²) in [6.45, 7) is 3.94. The Morgan fingerprint density at radius 3 is 3.12 bits per heavy atom. The van der Waals surface area contributed by atoms with E-state index in [0.29, 0.717) is 19.1 Å². The molecule has 0 aromatic heterocycles. The topological polar surface area (TPSA) is 53.6 Å². The summed E-state index contributed by atoms with van der Waals surface area (Å²) in [5, 5.41) is 6.63. The average Bonchev–Trinajstić information content (AvgIpc) is 3.05. The maximum Gasteiger partial charge on any atom is 0.228 e. The first kappa shape index (κ1) is 18.2. The maximum absolute atomic E-state index is 12.9. The number of hydrogen-bond acceptors (Lipinski definition) is 4. The molecule has 0 radical (unpaired) electrons.